The van der Waals surface area contributed by atoms with Crippen LogP contribution in [0.4, 0.5) is 0 Å². The highest BCUT2D eigenvalue weighted by Crippen LogP contribution is 2.32. The van der Waals surface area contributed by atoms with Gasteiger partial charge in [-0.15, -0.1) is 0 Å². The molecule has 1 aliphatic rings. The first-order valence-electron chi connectivity index (χ1n) is 7.06. The van der Waals surface area contributed by atoms with E-state index in [0.717, 1.165) is 24.8 Å². The van der Waals surface area contributed by atoms with Crippen LogP contribution in [0.3, 0.4) is 0 Å². The maximum Gasteiger partial charge on any atom is 0.0989 e. The SMILES string of the molecule is CCCC1CCC(C(=N)N(CC)CC)CC1. The Morgan fingerprint density at radius 1 is 1.06 bits per heavy atom. The lowest BCUT2D eigenvalue weighted by atomic mass is 9.79. The van der Waals surface area contributed by atoms with Crippen molar-refractivity contribution in [1.82, 2.24) is 4.90 Å². The molecule has 94 valence electrons. The van der Waals surface area contributed by atoms with Crippen LogP contribution in [0, 0.1) is 17.2 Å². The molecule has 1 saturated carbocycles. The summed E-state index contributed by atoms with van der Waals surface area (Å²) in [7, 11) is 0. The van der Waals surface area contributed by atoms with E-state index in [4.69, 9.17) is 5.41 Å². The van der Waals surface area contributed by atoms with Crippen molar-refractivity contribution in [2.75, 3.05) is 13.1 Å². The number of hydrogen-bond acceptors (Lipinski definition) is 1. The monoisotopic (exact) mass is 224 g/mol. The summed E-state index contributed by atoms with van der Waals surface area (Å²) in [6, 6.07) is 0. The van der Waals surface area contributed by atoms with E-state index >= 15 is 0 Å². The molecule has 0 aromatic heterocycles. The van der Waals surface area contributed by atoms with E-state index in [2.05, 4.69) is 25.7 Å². The third-order valence-corrected chi connectivity index (χ3v) is 4.03. The van der Waals surface area contributed by atoms with Gasteiger partial charge in [0.25, 0.3) is 0 Å². The first kappa shape index (κ1) is 13.5. The van der Waals surface area contributed by atoms with Gasteiger partial charge in [-0.05, 0) is 45.4 Å². The second-order valence-corrected chi connectivity index (χ2v) is 5.06. The Balaban J connectivity index is 2.38. The van der Waals surface area contributed by atoms with Crippen molar-refractivity contribution in [1.29, 1.82) is 5.41 Å². The third-order valence-electron chi connectivity index (χ3n) is 4.03. The fourth-order valence-corrected chi connectivity index (χ4v) is 2.96. The van der Waals surface area contributed by atoms with Gasteiger partial charge in [-0.25, -0.2) is 0 Å². The fourth-order valence-electron chi connectivity index (χ4n) is 2.96. The van der Waals surface area contributed by atoms with Crippen LogP contribution in [-0.2, 0) is 0 Å². The molecule has 0 bridgehead atoms. The van der Waals surface area contributed by atoms with Gasteiger partial charge in [0.1, 0.15) is 0 Å². The Hall–Kier alpha value is -0.530. The highest BCUT2D eigenvalue weighted by atomic mass is 15.2. The zero-order valence-corrected chi connectivity index (χ0v) is 11.3. The van der Waals surface area contributed by atoms with Gasteiger partial charge in [-0.2, -0.15) is 0 Å². The van der Waals surface area contributed by atoms with Crippen LogP contribution in [0.2, 0.25) is 0 Å². The van der Waals surface area contributed by atoms with Crippen molar-refractivity contribution in [3.05, 3.63) is 0 Å². The van der Waals surface area contributed by atoms with Crippen LogP contribution in [0.5, 0.6) is 0 Å². The molecule has 0 spiro atoms. The van der Waals surface area contributed by atoms with Crippen LogP contribution in [-0.4, -0.2) is 23.8 Å². The van der Waals surface area contributed by atoms with Crippen molar-refractivity contribution >= 4 is 5.84 Å². The maximum atomic E-state index is 8.23. The van der Waals surface area contributed by atoms with Crippen LogP contribution in [0.1, 0.15) is 59.3 Å². The molecule has 0 aliphatic heterocycles. The van der Waals surface area contributed by atoms with E-state index < -0.39 is 0 Å². The molecule has 1 rings (SSSR count). The Labute approximate surface area is 101 Å². The summed E-state index contributed by atoms with van der Waals surface area (Å²) >= 11 is 0. The van der Waals surface area contributed by atoms with Crippen molar-refractivity contribution < 1.29 is 0 Å². The number of nitrogens with zero attached hydrogens (tertiary/aromatic N) is 1. The summed E-state index contributed by atoms with van der Waals surface area (Å²) in [6.45, 7) is 8.57. The maximum absolute atomic E-state index is 8.23. The number of amidine groups is 1. The molecule has 0 atom stereocenters. The molecule has 0 amide bonds. The highest BCUT2D eigenvalue weighted by Gasteiger charge is 2.25. The lowest BCUT2D eigenvalue weighted by Gasteiger charge is -2.33. The van der Waals surface area contributed by atoms with Crippen LogP contribution >= 0.6 is 0 Å². The summed E-state index contributed by atoms with van der Waals surface area (Å²) in [5.41, 5.74) is 0. The van der Waals surface area contributed by atoms with Gasteiger partial charge in [-0.3, -0.25) is 5.41 Å². The average Bonchev–Trinajstić information content (AvgIpc) is 2.32. The van der Waals surface area contributed by atoms with Crippen molar-refractivity contribution in [3.63, 3.8) is 0 Å². The summed E-state index contributed by atoms with van der Waals surface area (Å²) < 4.78 is 0. The van der Waals surface area contributed by atoms with E-state index in [-0.39, 0.29) is 0 Å². The molecule has 0 radical (unpaired) electrons. The van der Waals surface area contributed by atoms with Crippen molar-refractivity contribution in [2.45, 2.75) is 59.3 Å². The molecule has 0 heterocycles. The largest absolute Gasteiger partial charge is 0.361 e. The predicted octanol–water partition coefficient (Wildman–Crippen LogP) is 3.91. The minimum absolute atomic E-state index is 0.549. The van der Waals surface area contributed by atoms with Gasteiger partial charge in [0.05, 0.1) is 5.84 Å². The van der Waals surface area contributed by atoms with Gasteiger partial charge in [0, 0.05) is 19.0 Å². The number of hydrogen-bond donors (Lipinski definition) is 1. The molecular weight excluding hydrogens is 196 g/mol. The van der Waals surface area contributed by atoms with E-state index in [1.807, 2.05) is 0 Å². The standard InChI is InChI=1S/C14H28N2/c1-4-7-12-8-10-13(11-9-12)14(15)16(5-2)6-3/h12-13,15H,4-11H2,1-3H3. The predicted molar refractivity (Wildman–Crippen MR) is 71.0 cm³/mol. The molecular formula is C14H28N2. The van der Waals surface area contributed by atoms with Crippen LogP contribution < -0.4 is 0 Å². The van der Waals surface area contributed by atoms with E-state index in [9.17, 15) is 0 Å². The number of rotatable bonds is 5. The zero-order valence-electron chi connectivity index (χ0n) is 11.3. The van der Waals surface area contributed by atoms with Gasteiger partial charge in [0.2, 0.25) is 0 Å². The first-order valence-corrected chi connectivity index (χ1v) is 7.06. The van der Waals surface area contributed by atoms with Crippen molar-refractivity contribution in [3.8, 4) is 0 Å². The zero-order chi connectivity index (χ0) is 12.0. The molecule has 1 fully saturated rings. The van der Waals surface area contributed by atoms with Crippen LogP contribution in [0.15, 0.2) is 0 Å². The van der Waals surface area contributed by atoms with Crippen LogP contribution in [0.25, 0.3) is 0 Å². The lowest BCUT2D eigenvalue weighted by molar-refractivity contribution is 0.286. The summed E-state index contributed by atoms with van der Waals surface area (Å²) in [5, 5.41) is 8.23. The Morgan fingerprint density at radius 3 is 2.06 bits per heavy atom. The molecule has 2 heteroatoms. The fraction of sp³-hybridized carbons (Fsp3) is 0.929. The molecule has 2 nitrogen and oxygen atoms in total. The van der Waals surface area contributed by atoms with Gasteiger partial charge in [0.15, 0.2) is 0 Å². The van der Waals surface area contributed by atoms with Gasteiger partial charge < -0.3 is 4.90 Å². The molecule has 0 aromatic rings. The molecule has 1 aliphatic carbocycles. The Bertz CT molecular complexity index is 201. The molecule has 1 N–H and O–H groups in total. The Kier molecular flexibility index (Phi) is 5.86. The van der Waals surface area contributed by atoms with Crippen molar-refractivity contribution in [2.24, 2.45) is 11.8 Å². The topological polar surface area (TPSA) is 27.1 Å². The summed E-state index contributed by atoms with van der Waals surface area (Å²) in [4.78, 5) is 2.21. The van der Waals surface area contributed by atoms with Gasteiger partial charge >= 0.3 is 0 Å². The third kappa shape index (κ3) is 3.50. The minimum atomic E-state index is 0.549. The molecule has 0 saturated heterocycles. The van der Waals surface area contributed by atoms with E-state index in [1.165, 1.54) is 38.5 Å². The lowest BCUT2D eigenvalue weighted by Crippen LogP contribution is -2.37. The summed E-state index contributed by atoms with van der Waals surface area (Å²) in [5.74, 6) is 2.40. The first-order chi connectivity index (χ1) is 7.72. The normalized spacial score (nSPS) is 25.4. The molecule has 0 unspecified atom stereocenters. The second kappa shape index (κ2) is 6.93. The highest BCUT2D eigenvalue weighted by molar-refractivity contribution is 5.81. The number of nitrogens with one attached hydrogen (secondary N) is 1. The smallest absolute Gasteiger partial charge is 0.0989 e. The van der Waals surface area contributed by atoms with Gasteiger partial charge in [-0.1, -0.05) is 19.8 Å². The quantitative estimate of drug-likeness (QED) is 0.556. The van der Waals surface area contributed by atoms with E-state index in [0.29, 0.717) is 5.92 Å². The summed E-state index contributed by atoms with van der Waals surface area (Å²) in [6.07, 6.45) is 7.92. The Morgan fingerprint density at radius 2 is 1.62 bits per heavy atom. The second-order valence-electron chi connectivity index (χ2n) is 5.06. The molecule has 0 aromatic carbocycles. The minimum Gasteiger partial charge on any atom is -0.361 e. The average molecular weight is 224 g/mol. The molecule has 16 heavy (non-hydrogen) atoms. The van der Waals surface area contributed by atoms with E-state index in [1.54, 1.807) is 0 Å².